The Labute approximate surface area is 121 Å². The maximum Gasteiger partial charge on any atom is 0.250 e. The van der Waals surface area contributed by atoms with Gasteiger partial charge in [0, 0.05) is 18.0 Å². The summed E-state index contributed by atoms with van der Waals surface area (Å²) in [6.45, 7) is 3.01. The second kappa shape index (κ2) is 6.15. The van der Waals surface area contributed by atoms with Crippen LogP contribution in [0.3, 0.4) is 0 Å². The van der Waals surface area contributed by atoms with Crippen LogP contribution >= 0.6 is 22.7 Å². The lowest BCUT2D eigenvalue weighted by Gasteiger charge is -2.04. The van der Waals surface area contributed by atoms with Crippen molar-refractivity contribution >= 4 is 32.7 Å². The second-order valence-corrected chi connectivity index (χ2v) is 8.06. The van der Waals surface area contributed by atoms with E-state index in [1.54, 1.807) is 17.4 Å². The van der Waals surface area contributed by atoms with Crippen LogP contribution in [-0.4, -0.2) is 15.5 Å². The van der Waals surface area contributed by atoms with Crippen molar-refractivity contribution in [2.75, 3.05) is 7.05 Å². The van der Waals surface area contributed by atoms with Gasteiger partial charge in [0.1, 0.15) is 4.21 Å². The van der Waals surface area contributed by atoms with Gasteiger partial charge in [0.2, 0.25) is 10.0 Å². The van der Waals surface area contributed by atoms with Gasteiger partial charge in [-0.25, -0.2) is 13.1 Å². The molecule has 0 bridgehead atoms. The molecule has 2 N–H and O–H groups in total. The first-order valence-electron chi connectivity index (χ1n) is 5.77. The lowest BCUT2D eigenvalue weighted by Crippen LogP contribution is -2.22. The maximum absolute atomic E-state index is 12.1. The van der Waals surface area contributed by atoms with Gasteiger partial charge >= 0.3 is 0 Å². The minimum atomic E-state index is -3.41. The van der Waals surface area contributed by atoms with Gasteiger partial charge in [-0.3, -0.25) is 0 Å². The third kappa shape index (κ3) is 3.64. The van der Waals surface area contributed by atoms with E-state index in [1.165, 1.54) is 11.3 Å². The van der Waals surface area contributed by atoms with Gasteiger partial charge in [0.25, 0.3) is 0 Å². The van der Waals surface area contributed by atoms with E-state index in [1.807, 2.05) is 30.8 Å². The highest BCUT2D eigenvalue weighted by molar-refractivity contribution is 7.91. The molecular weight excluding hydrogens is 300 g/mol. The van der Waals surface area contributed by atoms with Crippen LogP contribution in [0.25, 0.3) is 0 Å². The van der Waals surface area contributed by atoms with E-state index >= 15 is 0 Å². The van der Waals surface area contributed by atoms with Crippen LogP contribution in [0.2, 0.25) is 0 Å². The molecule has 0 unspecified atom stereocenters. The van der Waals surface area contributed by atoms with Crippen molar-refractivity contribution in [1.29, 1.82) is 0 Å². The SMILES string of the molecule is CNCc1ccc(S(=O)(=O)NCc2cscc2C)s1. The Morgan fingerprint density at radius 3 is 2.63 bits per heavy atom. The number of nitrogens with one attached hydrogen (secondary N) is 2. The van der Waals surface area contributed by atoms with E-state index < -0.39 is 10.0 Å². The molecule has 0 atom stereocenters. The predicted octanol–water partition coefficient (Wildman–Crippen LogP) is 2.32. The van der Waals surface area contributed by atoms with Crippen molar-refractivity contribution in [2.45, 2.75) is 24.2 Å². The van der Waals surface area contributed by atoms with Gasteiger partial charge in [-0.15, -0.1) is 11.3 Å². The van der Waals surface area contributed by atoms with E-state index in [4.69, 9.17) is 0 Å². The Morgan fingerprint density at radius 2 is 2.00 bits per heavy atom. The third-order valence-corrected chi connectivity index (χ3v) is 6.56. The summed E-state index contributed by atoms with van der Waals surface area (Å²) < 4.78 is 27.3. The molecular formula is C12H16N2O2S3. The van der Waals surface area contributed by atoms with Crippen molar-refractivity contribution in [1.82, 2.24) is 10.0 Å². The first-order valence-corrected chi connectivity index (χ1v) is 9.02. The fourth-order valence-electron chi connectivity index (χ4n) is 1.58. The molecule has 2 aromatic heterocycles. The van der Waals surface area contributed by atoms with Crippen LogP contribution in [0, 0.1) is 6.92 Å². The Morgan fingerprint density at radius 1 is 1.21 bits per heavy atom. The van der Waals surface area contributed by atoms with Gasteiger partial charge < -0.3 is 5.32 Å². The summed E-state index contributed by atoms with van der Waals surface area (Å²) in [5.74, 6) is 0. The highest BCUT2D eigenvalue weighted by Crippen LogP contribution is 2.22. The zero-order valence-corrected chi connectivity index (χ0v) is 13.2. The predicted molar refractivity (Wildman–Crippen MR) is 80.2 cm³/mol. The largest absolute Gasteiger partial charge is 0.315 e. The second-order valence-electron chi connectivity index (χ2n) is 4.16. The van der Waals surface area contributed by atoms with Crippen LogP contribution in [-0.2, 0) is 23.1 Å². The highest BCUT2D eigenvalue weighted by Gasteiger charge is 2.16. The van der Waals surface area contributed by atoms with E-state index in [2.05, 4.69) is 10.0 Å². The summed E-state index contributed by atoms with van der Waals surface area (Å²) in [5, 5.41) is 6.99. The number of sulfonamides is 1. The summed E-state index contributed by atoms with van der Waals surface area (Å²) in [7, 11) is -1.57. The molecule has 0 spiro atoms. The average molecular weight is 316 g/mol. The molecule has 0 aliphatic rings. The van der Waals surface area contributed by atoms with Gasteiger partial charge in [0.05, 0.1) is 0 Å². The van der Waals surface area contributed by atoms with Crippen molar-refractivity contribution in [3.05, 3.63) is 38.9 Å². The zero-order chi connectivity index (χ0) is 13.9. The Kier molecular flexibility index (Phi) is 4.75. The van der Waals surface area contributed by atoms with Gasteiger partial charge in [-0.05, 0) is 48.0 Å². The molecule has 0 aromatic carbocycles. The first-order chi connectivity index (χ1) is 9.03. The van der Waals surface area contributed by atoms with Crippen LogP contribution < -0.4 is 10.0 Å². The molecule has 0 aliphatic heterocycles. The molecule has 0 amide bonds. The number of hydrogen-bond acceptors (Lipinski definition) is 5. The minimum absolute atomic E-state index is 0.344. The van der Waals surface area contributed by atoms with Gasteiger partial charge in [-0.2, -0.15) is 11.3 Å². The smallest absolute Gasteiger partial charge is 0.250 e. The number of rotatable bonds is 6. The van der Waals surface area contributed by atoms with Gasteiger partial charge in [0.15, 0.2) is 0 Å². The molecule has 4 nitrogen and oxygen atoms in total. The van der Waals surface area contributed by atoms with Crippen LogP contribution in [0.5, 0.6) is 0 Å². The molecule has 7 heteroatoms. The lowest BCUT2D eigenvalue weighted by molar-refractivity contribution is 0.583. The van der Waals surface area contributed by atoms with Crippen molar-refractivity contribution in [3.63, 3.8) is 0 Å². The molecule has 0 saturated carbocycles. The zero-order valence-electron chi connectivity index (χ0n) is 10.8. The number of hydrogen-bond donors (Lipinski definition) is 2. The van der Waals surface area contributed by atoms with E-state index in [-0.39, 0.29) is 0 Å². The van der Waals surface area contributed by atoms with E-state index in [0.717, 1.165) is 16.0 Å². The molecule has 0 fully saturated rings. The maximum atomic E-state index is 12.1. The Balaban J connectivity index is 2.07. The third-order valence-electron chi connectivity index (χ3n) is 2.67. The minimum Gasteiger partial charge on any atom is -0.315 e. The summed E-state index contributed by atoms with van der Waals surface area (Å²) in [5.41, 5.74) is 2.15. The molecule has 104 valence electrons. The fourth-order valence-corrected chi connectivity index (χ4v) is 4.86. The lowest BCUT2D eigenvalue weighted by atomic mass is 10.2. The summed E-state index contributed by atoms with van der Waals surface area (Å²) in [4.78, 5) is 1.01. The van der Waals surface area contributed by atoms with Gasteiger partial charge in [-0.1, -0.05) is 0 Å². The number of thiophene rings is 2. The first kappa shape index (κ1) is 14.7. The molecule has 0 radical (unpaired) electrons. The van der Waals surface area contributed by atoms with Crippen LogP contribution in [0.15, 0.2) is 27.1 Å². The number of aryl methyl sites for hydroxylation is 1. The van der Waals surface area contributed by atoms with Crippen molar-refractivity contribution in [3.8, 4) is 0 Å². The summed E-state index contributed by atoms with van der Waals surface area (Å²) in [6, 6.07) is 3.49. The molecule has 2 rings (SSSR count). The normalized spacial score (nSPS) is 11.9. The summed E-state index contributed by atoms with van der Waals surface area (Å²) >= 11 is 2.88. The monoisotopic (exact) mass is 316 g/mol. The van der Waals surface area contributed by atoms with E-state index in [0.29, 0.717) is 17.3 Å². The molecule has 0 saturated heterocycles. The standard InChI is InChI=1S/C12H16N2O2S3/c1-9-7-17-8-10(9)5-14-19(15,16)12-4-3-11(18-12)6-13-2/h3-4,7-8,13-14H,5-6H2,1-2H3. The average Bonchev–Trinajstić information content (AvgIpc) is 2.97. The Hall–Kier alpha value is -0.730. The Bertz CT molecular complexity index is 643. The quantitative estimate of drug-likeness (QED) is 0.860. The fraction of sp³-hybridized carbons (Fsp3) is 0.333. The molecule has 2 heterocycles. The molecule has 2 aromatic rings. The van der Waals surface area contributed by atoms with Crippen molar-refractivity contribution in [2.24, 2.45) is 0 Å². The molecule has 0 aliphatic carbocycles. The topological polar surface area (TPSA) is 58.2 Å². The van der Waals surface area contributed by atoms with Crippen LogP contribution in [0.1, 0.15) is 16.0 Å². The summed E-state index contributed by atoms with van der Waals surface area (Å²) in [6.07, 6.45) is 0. The molecule has 19 heavy (non-hydrogen) atoms. The van der Waals surface area contributed by atoms with E-state index in [9.17, 15) is 8.42 Å². The highest BCUT2D eigenvalue weighted by atomic mass is 32.2. The van der Waals surface area contributed by atoms with Crippen molar-refractivity contribution < 1.29 is 8.42 Å². The van der Waals surface area contributed by atoms with Crippen LogP contribution in [0.4, 0.5) is 0 Å².